The van der Waals surface area contributed by atoms with Crippen LogP contribution >= 0.6 is 0 Å². The number of carbonyl (C=O) groups excluding carboxylic acids is 2. The Morgan fingerprint density at radius 1 is 0.926 bits per heavy atom. The summed E-state index contributed by atoms with van der Waals surface area (Å²) in [5.41, 5.74) is 1.07. The predicted molar refractivity (Wildman–Crippen MR) is 102 cm³/mol. The molecule has 0 aliphatic heterocycles. The van der Waals surface area contributed by atoms with E-state index in [1.165, 1.54) is 45.2 Å². The third-order valence-electron chi connectivity index (χ3n) is 3.57. The molecule has 0 spiro atoms. The number of carbonyl (C=O) groups is 2. The van der Waals surface area contributed by atoms with Gasteiger partial charge in [0.2, 0.25) is 21.8 Å². The Kier molecular flexibility index (Phi) is 6.54. The number of rotatable bonds is 7. The van der Waals surface area contributed by atoms with E-state index >= 15 is 0 Å². The van der Waals surface area contributed by atoms with Gasteiger partial charge in [0.05, 0.1) is 18.0 Å². The second-order valence-electron chi connectivity index (χ2n) is 5.77. The summed E-state index contributed by atoms with van der Waals surface area (Å²) in [7, 11) is -2.37. The molecule has 0 aliphatic rings. The summed E-state index contributed by atoms with van der Waals surface area (Å²) >= 11 is 0. The van der Waals surface area contributed by atoms with Crippen LogP contribution < -0.4 is 20.1 Å². The third kappa shape index (κ3) is 5.80. The van der Waals surface area contributed by atoms with E-state index in [2.05, 4.69) is 15.4 Å². The van der Waals surface area contributed by atoms with Gasteiger partial charge in [0.1, 0.15) is 5.75 Å². The van der Waals surface area contributed by atoms with E-state index in [-0.39, 0.29) is 10.8 Å². The van der Waals surface area contributed by atoms with Crippen LogP contribution in [-0.2, 0) is 19.6 Å². The van der Waals surface area contributed by atoms with Crippen molar-refractivity contribution < 1.29 is 22.7 Å². The van der Waals surface area contributed by atoms with Crippen LogP contribution in [0.15, 0.2) is 53.4 Å². The van der Waals surface area contributed by atoms with E-state index in [1.807, 2.05) is 0 Å². The summed E-state index contributed by atoms with van der Waals surface area (Å²) in [6.45, 7) is 2.84. The summed E-state index contributed by atoms with van der Waals surface area (Å²) in [5, 5.41) is 5.23. The van der Waals surface area contributed by atoms with Crippen LogP contribution in [0.4, 0.5) is 11.4 Å². The number of amides is 2. The molecule has 0 heterocycles. The maximum absolute atomic E-state index is 12.4. The Bertz CT molecular complexity index is 909. The van der Waals surface area contributed by atoms with E-state index in [9.17, 15) is 18.0 Å². The van der Waals surface area contributed by atoms with Crippen molar-refractivity contribution in [3.8, 4) is 5.75 Å². The van der Waals surface area contributed by atoms with Crippen molar-refractivity contribution in [3.63, 3.8) is 0 Å². The zero-order valence-electron chi connectivity index (χ0n) is 15.1. The number of nitrogens with one attached hydrogen (secondary N) is 3. The molecule has 8 nitrogen and oxygen atoms in total. The highest BCUT2D eigenvalue weighted by Crippen LogP contribution is 2.16. The molecule has 2 amide bonds. The monoisotopic (exact) mass is 391 g/mol. The Hall–Kier alpha value is -2.91. The van der Waals surface area contributed by atoms with E-state index in [4.69, 9.17) is 4.74 Å². The average molecular weight is 391 g/mol. The van der Waals surface area contributed by atoms with E-state index in [0.29, 0.717) is 17.1 Å². The van der Waals surface area contributed by atoms with Crippen molar-refractivity contribution in [2.45, 2.75) is 24.8 Å². The zero-order chi connectivity index (χ0) is 20.0. The molecule has 0 fully saturated rings. The maximum Gasteiger partial charge on any atom is 0.242 e. The van der Waals surface area contributed by atoms with Crippen molar-refractivity contribution in [3.05, 3.63) is 48.5 Å². The highest BCUT2D eigenvalue weighted by molar-refractivity contribution is 7.89. The molecule has 0 bridgehead atoms. The van der Waals surface area contributed by atoms with Crippen molar-refractivity contribution in [1.82, 2.24) is 4.72 Å². The first-order valence-corrected chi connectivity index (χ1v) is 9.54. The molecule has 0 saturated heterocycles. The molecule has 2 aromatic carbocycles. The zero-order valence-corrected chi connectivity index (χ0v) is 16.0. The fraction of sp³-hybridized carbons (Fsp3) is 0.222. The van der Waals surface area contributed by atoms with Crippen LogP contribution in [0.1, 0.15) is 13.8 Å². The molecule has 27 heavy (non-hydrogen) atoms. The van der Waals surface area contributed by atoms with Crippen molar-refractivity contribution >= 4 is 33.2 Å². The van der Waals surface area contributed by atoms with Gasteiger partial charge in [-0.2, -0.15) is 4.72 Å². The first kappa shape index (κ1) is 20.4. The average Bonchev–Trinajstić information content (AvgIpc) is 2.62. The lowest BCUT2D eigenvalue weighted by Gasteiger charge is -2.15. The number of anilines is 2. The second kappa shape index (κ2) is 8.65. The molecule has 0 unspecified atom stereocenters. The van der Waals surface area contributed by atoms with E-state index < -0.39 is 22.0 Å². The molecule has 9 heteroatoms. The molecule has 2 rings (SSSR count). The Morgan fingerprint density at radius 2 is 1.44 bits per heavy atom. The van der Waals surface area contributed by atoms with Gasteiger partial charge in [-0.15, -0.1) is 0 Å². The maximum atomic E-state index is 12.4. The minimum absolute atomic E-state index is 0.0302. The van der Waals surface area contributed by atoms with Gasteiger partial charge in [-0.1, -0.05) is 0 Å². The van der Waals surface area contributed by atoms with E-state index in [0.717, 1.165) is 0 Å². The smallest absolute Gasteiger partial charge is 0.242 e. The standard InChI is InChI=1S/C18H21N3O5S/c1-12(21-27(24,25)17-10-8-16(26-3)9-11-17)18(23)20-15-6-4-14(5-7-15)19-13(2)22/h4-12,21H,1-3H3,(H,19,22)(H,20,23)/t12-/m1/s1. The Labute approximate surface area is 158 Å². The predicted octanol–water partition coefficient (Wildman–Crippen LogP) is 1.96. The highest BCUT2D eigenvalue weighted by Gasteiger charge is 2.22. The molecule has 0 aliphatic carbocycles. The van der Waals surface area contributed by atoms with Crippen LogP contribution in [0.3, 0.4) is 0 Å². The largest absolute Gasteiger partial charge is 0.497 e. The first-order chi connectivity index (χ1) is 12.7. The molecule has 0 saturated carbocycles. The molecule has 2 aromatic rings. The first-order valence-electron chi connectivity index (χ1n) is 8.06. The van der Waals surface area contributed by atoms with Crippen LogP contribution in [0, 0.1) is 0 Å². The third-order valence-corrected chi connectivity index (χ3v) is 5.12. The van der Waals surface area contributed by atoms with Gasteiger partial charge < -0.3 is 15.4 Å². The van der Waals surface area contributed by atoms with Crippen LogP contribution in [-0.4, -0.2) is 33.4 Å². The van der Waals surface area contributed by atoms with Gasteiger partial charge in [-0.3, -0.25) is 9.59 Å². The van der Waals surface area contributed by atoms with Crippen LogP contribution in [0.5, 0.6) is 5.75 Å². The normalized spacial score (nSPS) is 12.1. The Balaban J connectivity index is 2.00. The molecular weight excluding hydrogens is 370 g/mol. The quantitative estimate of drug-likeness (QED) is 0.668. The lowest BCUT2D eigenvalue weighted by molar-refractivity contribution is -0.117. The minimum Gasteiger partial charge on any atom is -0.497 e. The van der Waals surface area contributed by atoms with E-state index in [1.54, 1.807) is 24.3 Å². The fourth-order valence-electron chi connectivity index (χ4n) is 2.20. The molecule has 1 atom stereocenters. The van der Waals surface area contributed by atoms with Crippen LogP contribution in [0.2, 0.25) is 0 Å². The minimum atomic E-state index is -3.86. The van der Waals surface area contributed by atoms with Crippen molar-refractivity contribution in [1.29, 1.82) is 0 Å². The molecule has 0 radical (unpaired) electrons. The van der Waals surface area contributed by atoms with Gasteiger partial charge in [0.15, 0.2) is 0 Å². The summed E-state index contributed by atoms with van der Waals surface area (Å²) in [6, 6.07) is 11.3. The van der Waals surface area contributed by atoms with Gasteiger partial charge in [-0.05, 0) is 55.5 Å². The number of methoxy groups -OCH3 is 1. The molecular formula is C18H21N3O5S. The van der Waals surface area contributed by atoms with Crippen molar-refractivity contribution in [2.24, 2.45) is 0 Å². The lowest BCUT2D eigenvalue weighted by Crippen LogP contribution is -2.41. The number of sulfonamides is 1. The highest BCUT2D eigenvalue weighted by atomic mass is 32.2. The summed E-state index contributed by atoms with van der Waals surface area (Å²) < 4.78 is 32.1. The lowest BCUT2D eigenvalue weighted by atomic mass is 10.2. The Morgan fingerprint density at radius 3 is 1.93 bits per heavy atom. The molecule has 144 valence electrons. The number of hydrogen-bond acceptors (Lipinski definition) is 5. The van der Waals surface area contributed by atoms with Gasteiger partial charge in [0, 0.05) is 18.3 Å². The molecule has 3 N–H and O–H groups in total. The summed E-state index contributed by atoms with van der Waals surface area (Å²) in [6.07, 6.45) is 0. The number of hydrogen-bond donors (Lipinski definition) is 3. The molecule has 0 aromatic heterocycles. The summed E-state index contributed by atoms with van der Waals surface area (Å²) in [5.74, 6) is -0.185. The van der Waals surface area contributed by atoms with Gasteiger partial charge >= 0.3 is 0 Å². The number of benzene rings is 2. The topological polar surface area (TPSA) is 114 Å². The van der Waals surface area contributed by atoms with Gasteiger partial charge in [0.25, 0.3) is 0 Å². The number of ether oxygens (including phenoxy) is 1. The second-order valence-corrected chi connectivity index (χ2v) is 7.48. The van der Waals surface area contributed by atoms with Crippen LogP contribution in [0.25, 0.3) is 0 Å². The summed E-state index contributed by atoms with van der Waals surface area (Å²) in [4.78, 5) is 23.3. The fourth-order valence-corrected chi connectivity index (χ4v) is 3.40. The van der Waals surface area contributed by atoms with Crippen molar-refractivity contribution in [2.75, 3.05) is 17.7 Å². The van der Waals surface area contributed by atoms with Gasteiger partial charge in [-0.25, -0.2) is 8.42 Å². The SMILES string of the molecule is COc1ccc(S(=O)(=O)N[C@H](C)C(=O)Nc2ccc(NC(C)=O)cc2)cc1.